The topological polar surface area (TPSA) is 62.6 Å². The Labute approximate surface area is 145 Å². The maximum Gasteiger partial charge on any atom is 0.254 e. The Morgan fingerprint density at radius 3 is 2.84 bits per heavy atom. The van der Waals surface area contributed by atoms with E-state index >= 15 is 0 Å². The lowest BCUT2D eigenvalue weighted by Crippen LogP contribution is -2.36. The molecule has 0 unspecified atom stereocenters. The summed E-state index contributed by atoms with van der Waals surface area (Å²) < 4.78 is 4.92. The number of nitrogens with zero attached hydrogens (tertiary/aromatic N) is 1. The van der Waals surface area contributed by atoms with Gasteiger partial charge in [0.1, 0.15) is 6.26 Å². The van der Waals surface area contributed by atoms with Gasteiger partial charge in [-0.3, -0.25) is 9.59 Å². The van der Waals surface area contributed by atoms with Crippen LogP contribution in [-0.4, -0.2) is 29.3 Å². The minimum Gasteiger partial charge on any atom is -0.472 e. The third-order valence-electron chi connectivity index (χ3n) is 4.57. The van der Waals surface area contributed by atoms with Gasteiger partial charge in [-0.15, -0.1) is 0 Å². The van der Waals surface area contributed by atoms with E-state index < -0.39 is 0 Å². The van der Waals surface area contributed by atoms with Crippen molar-refractivity contribution in [2.75, 3.05) is 6.54 Å². The Balaban J connectivity index is 1.46. The van der Waals surface area contributed by atoms with E-state index in [9.17, 15) is 9.59 Å². The number of rotatable bonds is 4. The molecule has 2 heterocycles. The van der Waals surface area contributed by atoms with Gasteiger partial charge in [0.25, 0.3) is 5.91 Å². The third kappa shape index (κ3) is 3.13. The standard InChI is InChI=1S/C20H18N2O3/c23-19-10-17(21-20(24)16-8-9-25-13-16)12-22(19)11-15-6-3-5-14-4-1-2-7-18(14)15/h1-9,13,17H,10-12H2,(H,21,24)/t17-/m1/s1. The van der Waals surface area contributed by atoms with E-state index in [0.29, 0.717) is 25.1 Å². The van der Waals surface area contributed by atoms with Crippen molar-refractivity contribution in [3.8, 4) is 0 Å². The van der Waals surface area contributed by atoms with Gasteiger partial charge in [0, 0.05) is 19.5 Å². The van der Waals surface area contributed by atoms with Gasteiger partial charge < -0.3 is 14.6 Å². The minimum absolute atomic E-state index is 0.0606. The molecule has 0 radical (unpaired) electrons. The number of hydrogen-bond donors (Lipinski definition) is 1. The summed E-state index contributed by atoms with van der Waals surface area (Å²) in [5.41, 5.74) is 1.59. The molecule has 126 valence electrons. The molecule has 1 fully saturated rings. The molecule has 5 nitrogen and oxygen atoms in total. The van der Waals surface area contributed by atoms with Gasteiger partial charge in [0.15, 0.2) is 0 Å². The third-order valence-corrected chi connectivity index (χ3v) is 4.57. The minimum atomic E-state index is -0.210. The number of carbonyl (C=O) groups excluding carboxylic acids is 2. The lowest BCUT2D eigenvalue weighted by atomic mass is 10.0. The van der Waals surface area contributed by atoms with Gasteiger partial charge in [0.2, 0.25) is 5.91 Å². The summed E-state index contributed by atoms with van der Waals surface area (Å²) in [6.45, 7) is 1.07. The van der Waals surface area contributed by atoms with Crippen molar-refractivity contribution >= 4 is 22.6 Å². The van der Waals surface area contributed by atoms with E-state index in [-0.39, 0.29) is 17.9 Å². The molecule has 0 spiro atoms. The zero-order valence-electron chi connectivity index (χ0n) is 13.6. The molecule has 5 heteroatoms. The van der Waals surface area contributed by atoms with E-state index in [2.05, 4.69) is 23.5 Å². The van der Waals surface area contributed by atoms with Crippen LogP contribution in [0.3, 0.4) is 0 Å². The van der Waals surface area contributed by atoms with E-state index in [1.807, 2.05) is 29.2 Å². The summed E-state index contributed by atoms with van der Waals surface area (Å²) >= 11 is 0. The Hall–Kier alpha value is -3.08. The number of fused-ring (bicyclic) bond motifs is 1. The molecule has 0 saturated carbocycles. The average Bonchev–Trinajstić information content (AvgIpc) is 3.26. The number of furan rings is 1. The summed E-state index contributed by atoms with van der Waals surface area (Å²) in [6.07, 6.45) is 3.19. The highest BCUT2D eigenvalue weighted by Gasteiger charge is 2.31. The lowest BCUT2D eigenvalue weighted by molar-refractivity contribution is -0.128. The summed E-state index contributed by atoms with van der Waals surface area (Å²) in [5, 5.41) is 5.22. The van der Waals surface area contributed by atoms with Crippen LogP contribution >= 0.6 is 0 Å². The molecule has 3 aromatic rings. The maximum absolute atomic E-state index is 12.3. The number of nitrogens with one attached hydrogen (secondary N) is 1. The van der Waals surface area contributed by atoms with Crippen LogP contribution in [0.2, 0.25) is 0 Å². The van der Waals surface area contributed by atoms with Crippen LogP contribution < -0.4 is 5.32 Å². The molecule has 1 aliphatic rings. The van der Waals surface area contributed by atoms with Gasteiger partial charge in [-0.2, -0.15) is 0 Å². The second kappa shape index (κ2) is 6.43. The summed E-state index contributed by atoms with van der Waals surface area (Å²) in [7, 11) is 0. The molecule has 1 saturated heterocycles. The summed E-state index contributed by atoms with van der Waals surface area (Å²) in [4.78, 5) is 26.3. The van der Waals surface area contributed by atoms with E-state index in [4.69, 9.17) is 4.42 Å². The van der Waals surface area contributed by atoms with Crippen molar-refractivity contribution in [2.24, 2.45) is 0 Å². The highest BCUT2D eigenvalue weighted by atomic mass is 16.3. The molecule has 0 aliphatic carbocycles. The molecule has 1 aromatic heterocycles. The first-order chi connectivity index (χ1) is 12.2. The van der Waals surface area contributed by atoms with E-state index in [1.165, 1.54) is 12.5 Å². The van der Waals surface area contributed by atoms with Crippen molar-refractivity contribution < 1.29 is 14.0 Å². The highest BCUT2D eigenvalue weighted by Crippen LogP contribution is 2.22. The first-order valence-corrected chi connectivity index (χ1v) is 8.28. The highest BCUT2D eigenvalue weighted by molar-refractivity contribution is 5.94. The zero-order valence-corrected chi connectivity index (χ0v) is 13.6. The smallest absolute Gasteiger partial charge is 0.254 e. The van der Waals surface area contributed by atoms with Gasteiger partial charge in [-0.1, -0.05) is 42.5 Å². The van der Waals surface area contributed by atoms with Crippen LogP contribution in [0.25, 0.3) is 10.8 Å². The summed E-state index contributed by atoms with van der Waals surface area (Å²) in [6, 6.07) is 15.7. The van der Waals surface area contributed by atoms with Crippen LogP contribution in [0.15, 0.2) is 65.5 Å². The van der Waals surface area contributed by atoms with Gasteiger partial charge in [0.05, 0.1) is 17.9 Å². The van der Waals surface area contributed by atoms with Gasteiger partial charge in [-0.05, 0) is 22.4 Å². The molecule has 2 amide bonds. The zero-order chi connectivity index (χ0) is 17.2. The number of amides is 2. The second-order valence-electron chi connectivity index (χ2n) is 6.30. The molecule has 2 aromatic carbocycles. The fraction of sp³-hybridized carbons (Fsp3) is 0.200. The van der Waals surface area contributed by atoms with Crippen LogP contribution in [-0.2, 0) is 11.3 Å². The average molecular weight is 334 g/mol. The second-order valence-corrected chi connectivity index (χ2v) is 6.30. The van der Waals surface area contributed by atoms with Crippen molar-refractivity contribution in [1.82, 2.24) is 10.2 Å². The van der Waals surface area contributed by atoms with Crippen molar-refractivity contribution in [3.63, 3.8) is 0 Å². The van der Waals surface area contributed by atoms with Crippen molar-refractivity contribution in [2.45, 2.75) is 19.0 Å². The molecule has 0 bridgehead atoms. The van der Waals surface area contributed by atoms with Crippen molar-refractivity contribution in [1.29, 1.82) is 0 Å². The first kappa shape index (κ1) is 15.4. The normalized spacial score (nSPS) is 17.2. The molecule has 4 rings (SSSR count). The Morgan fingerprint density at radius 2 is 2.00 bits per heavy atom. The summed E-state index contributed by atoms with van der Waals surface area (Å²) in [5.74, 6) is -0.149. The molecule has 25 heavy (non-hydrogen) atoms. The number of likely N-dealkylation sites (tertiary alicyclic amines) is 1. The van der Waals surface area contributed by atoms with Gasteiger partial charge in [-0.25, -0.2) is 0 Å². The maximum atomic E-state index is 12.3. The first-order valence-electron chi connectivity index (χ1n) is 8.28. The Bertz CT molecular complexity index is 912. The largest absolute Gasteiger partial charge is 0.472 e. The molecular formula is C20H18N2O3. The molecular weight excluding hydrogens is 316 g/mol. The fourth-order valence-corrected chi connectivity index (χ4v) is 3.32. The predicted molar refractivity (Wildman–Crippen MR) is 93.9 cm³/mol. The van der Waals surface area contributed by atoms with Crippen LogP contribution in [0.1, 0.15) is 22.3 Å². The van der Waals surface area contributed by atoms with E-state index in [0.717, 1.165) is 16.3 Å². The molecule has 1 atom stereocenters. The Morgan fingerprint density at radius 1 is 1.16 bits per heavy atom. The fourth-order valence-electron chi connectivity index (χ4n) is 3.32. The number of benzene rings is 2. The SMILES string of the molecule is O=C(N[C@@H]1CC(=O)N(Cc2cccc3ccccc23)C1)c1ccoc1. The molecule has 1 N–H and O–H groups in total. The quantitative estimate of drug-likeness (QED) is 0.798. The lowest BCUT2D eigenvalue weighted by Gasteiger charge is -2.18. The number of hydrogen-bond acceptors (Lipinski definition) is 3. The van der Waals surface area contributed by atoms with E-state index in [1.54, 1.807) is 6.07 Å². The Kier molecular flexibility index (Phi) is 3.98. The monoisotopic (exact) mass is 334 g/mol. The molecule has 1 aliphatic heterocycles. The van der Waals surface area contributed by atoms with Crippen molar-refractivity contribution in [3.05, 3.63) is 72.2 Å². The number of carbonyl (C=O) groups is 2. The van der Waals surface area contributed by atoms with Crippen LogP contribution in [0, 0.1) is 0 Å². The van der Waals surface area contributed by atoms with Gasteiger partial charge >= 0.3 is 0 Å². The van der Waals surface area contributed by atoms with Crippen LogP contribution in [0.4, 0.5) is 0 Å². The van der Waals surface area contributed by atoms with Crippen LogP contribution in [0.5, 0.6) is 0 Å². The predicted octanol–water partition coefficient (Wildman–Crippen LogP) is 2.96.